The van der Waals surface area contributed by atoms with Crippen molar-refractivity contribution in [2.24, 2.45) is 4.99 Å². The Labute approximate surface area is 238 Å². The number of methoxy groups -OCH3 is 1. The van der Waals surface area contributed by atoms with E-state index in [2.05, 4.69) is 0 Å². The summed E-state index contributed by atoms with van der Waals surface area (Å²) < 4.78 is 11.5. The fourth-order valence-corrected chi connectivity index (χ4v) is 5.82. The number of para-hydroxylation sites is 1. The van der Waals surface area contributed by atoms with Gasteiger partial charge in [-0.2, -0.15) is 0 Å². The third kappa shape index (κ3) is 5.82. The predicted molar refractivity (Wildman–Crippen MR) is 157 cm³/mol. The van der Waals surface area contributed by atoms with Gasteiger partial charge in [-0.1, -0.05) is 90.6 Å². The maximum Gasteiger partial charge on any atom is 0.338 e. The standard InChI is InChI=1S/C32H31N3O4S/c1-22-29(31(37)39-20-24-14-8-5-9-15-24)30(26-16-10-11-17-27(26)38-3)35-25(21-40-32(35)33-22)18-28(36)34(2)19-23-12-6-4-7-13-23/h4-17,21,30H,18-20H2,1-3H3/t30-/m0/s1. The van der Waals surface area contributed by atoms with Gasteiger partial charge in [-0.15, -0.1) is 0 Å². The van der Waals surface area contributed by atoms with E-state index in [-0.39, 0.29) is 18.9 Å². The Balaban J connectivity index is 1.45. The molecule has 3 aromatic rings. The summed E-state index contributed by atoms with van der Waals surface area (Å²) in [5.41, 5.74) is 4.51. The first-order chi connectivity index (χ1) is 19.5. The van der Waals surface area contributed by atoms with Crippen LogP contribution in [0.1, 0.15) is 36.1 Å². The summed E-state index contributed by atoms with van der Waals surface area (Å²) in [6.07, 6.45) is 0.159. The Morgan fingerprint density at radius 2 is 1.60 bits per heavy atom. The smallest absolute Gasteiger partial charge is 0.338 e. The summed E-state index contributed by atoms with van der Waals surface area (Å²) in [6.45, 7) is 2.47. The molecule has 0 N–H and O–H groups in total. The number of nitrogens with zero attached hydrogens (tertiary/aromatic N) is 3. The van der Waals surface area contributed by atoms with Gasteiger partial charge in [0.15, 0.2) is 5.17 Å². The van der Waals surface area contributed by atoms with Crippen molar-refractivity contribution in [3.8, 4) is 5.75 Å². The Morgan fingerprint density at radius 1 is 0.950 bits per heavy atom. The third-order valence-corrected chi connectivity index (χ3v) is 7.78. The number of amidine groups is 1. The van der Waals surface area contributed by atoms with Gasteiger partial charge in [-0.3, -0.25) is 4.79 Å². The zero-order chi connectivity index (χ0) is 28.1. The highest BCUT2D eigenvalue weighted by atomic mass is 32.2. The third-order valence-electron chi connectivity index (χ3n) is 6.89. The van der Waals surface area contributed by atoms with Gasteiger partial charge >= 0.3 is 5.97 Å². The van der Waals surface area contributed by atoms with E-state index in [1.54, 1.807) is 19.1 Å². The van der Waals surface area contributed by atoms with Crippen molar-refractivity contribution in [3.05, 3.63) is 124 Å². The van der Waals surface area contributed by atoms with E-state index in [0.717, 1.165) is 22.4 Å². The monoisotopic (exact) mass is 553 g/mol. The van der Waals surface area contributed by atoms with Crippen molar-refractivity contribution in [2.75, 3.05) is 14.2 Å². The first-order valence-corrected chi connectivity index (χ1v) is 13.9. The molecule has 40 heavy (non-hydrogen) atoms. The maximum absolute atomic E-state index is 13.7. The summed E-state index contributed by atoms with van der Waals surface area (Å²) in [6, 6.07) is 26.5. The summed E-state index contributed by atoms with van der Waals surface area (Å²) in [7, 11) is 3.41. The van der Waals surface area contributed by atoms with Gasteiger partial charge < -0.3 is 19.3 Å². The molecule has 3 aromatic carbocycles. The number of aliphatic imine (C=N–C) groups is 1. The largest absolute Gasteiger partial charge is 0.496 e. The van der Waals surface area contributed by atoms with Crippen LogP contribution in [0.15, 0.2) is 112 Å². The summed E-state index contributed by atoms with van der Waals surface area (Å²) in [5.74, 6) is 0.151. The highest BCUT2D eigenvalue weighted by Gasteiger charge is 2.42. The molecule has 0 aliphatic carbocycles. The van der Waals surface area contributed by atoms with E-state index in [0.29, 0.717) is 28.7 Å². The van der Waals surface area contributed by atoms with E-state index in [9.17, 15) is 9.59 Å². The highest BCUT2D eigenvalue weighted by Crippen LogP contribution is 2.47. The molecule has 8 heteroatoms. The normalized spacial score (nSPS) is 16.2. The van der Waals surface area contributed by atoms with Gasteiger partial charge in [0.05, 0.1) is 30.8 Å². The Kier molecular flexibility index (Phi) is 8.36. The first kappa shape index (κ1) is 27.3. The number of fused-ring (bicyclic) bond motifs is 1. The van der Waals surface area contributed by atoms with Crippen LogP contribution in [0.4, 0.5) is 0 Å². The summed E-state index contributed by atoms with van der Waals surface area (Å²) in [4.78, 5) is 35.5. The second kappa shape index (κ2) is 12.3. The van der Waals surface area contributed by atoms with Crippen molar-refractivity contribution in [1.82, 2.24) is 9.80 Å². The number of esters is 1. The van der Waals surface area contributed by atoms with Crippen LogP contribution in [0.25, 0.3) is 0 Å². The number of thioether (sulfide) groups is 1. The van der Waals surface area contributed by atoms with Gasteiger partial charge in [-0.25, -0.2) is 9.79 Å². The fraction of sp³-hybridized carbons (Fsp3) is 0.219. The molecule has 0 fully saturated rings. The van der Waals surface area contributed by atoms with E-state index >= 15 is 0 Å². The molecular formula is C32H31N3O4S. The van der Waals surface area contributed by atoms with Crippen LogP contribution in [0, 0.1) is 0 Å². The highest BCUT2D eigenvalue weighted by molar-refractivity contribution is 8.16. The van der Waals surface area contributed by atoms with Gasteiger partial charge in [-0.05, 0) is 29.5 Å². The zero-order valence-corrected chi connectivity index (χ0v) is 23.6. The lowest BCUT2D eigenvalue weighted by atomic mass is 9.93. The predicted octanol–water partition coefficient (Wildman–Crippen LogP) is 6.06. The molecule has 204 valence electrons. The van der Waals surface area contributed by atoms with Crippen LogP contribution in [-0.2, 0) is 27.5 Å². The average molecular weight is 554 g/mol. The fourth-order valence-electron chi connectivity index (χ4n) is 4.85. The van der Waals surface area contributed by atoms with E-state index in [4.69, 9.17) is 14.5 Å². The van der Waals surface area contributed by atoms with Crippen LogP contribution in [0.2, 0.25) is 0 Å². The topological polar surface area (TPSA) is 71.4 Å². The molecule has 0 unspecified atom stereocenters. The van der Waals surface area contributed by atoms with Gasteiger partial charge in [0.25, 0.3) is 0 Å². The molecule has 2 aliphatic heterocycles. The van der Waals surface area contributed by atoms with Crippen LogP contribution in [0.3, 0.4) is 0 Å². The second-order valence-corrected chi connectivity index (χ2v) is 10.4. The first-order valence-electron chi connectivity index (χ1n) is 13.0. The van der Waals surface area contributed by atoms with E-state index in [1.165, 1.54) is 11.8 Å². The van der Waals surface area contributed by atoms with Crippen LogP contribution in [0.5, 0.6) is 5.75 Å². The molecule has 0 radical (unpaired) electrons. The zero-order valence-electron chi connectivity index (χ0n) is 22.7. The molecule has 5 rings (SSSR count). The molecule has 2 heterocycles. The van der Waals surface area contributed by atoms with Crippen molar-refractivity contribution in [2.45, 2.75) is 32.5 Å². The molecule has 0 aromatic heterocycles. The van der Waals surface area contributed by atoms with Gasteiger partial charge in [0.2, 0.25) is 5.91 Å². The minimum atomic E-state index is -0.569. The number of ether oxygens (including phenoxy) is 2. The molecule has 2 aliphatic rings. The number of amides is 1. The Hall–Kier alpha value is -4.30. The quantitative estimate of drug-likeness (QED) is 0.300. The molecule has 0 bridgehead atoms. The molecule has 7 nitrogen and oxygen atoms in total. The minimum absolute atomic E-state index is 0.0322. The molecule has 0 spiro atoms. The summed E-state index contributed by atoms with van der Waals surface area (Å²) >= 11 is 1.45. The number of carbonyl (C=O) groups excluding carboxylic acids is 2. The van der Waals surface area contributed by atoms with Gasteiger partial charge in [0.1, 0.15) is 12.4 Å². The van der Waals surface area contributed by atoms with E-state index < -0.39 is 12.0 Å². The van der Waals surface area contributed by atoms with Crippen molar-refractivity contribution >= 4 is 28.8 Å². The van der Waals surface area contributed by atoms with Crippen LogP contribution in [-0.4, -0.2) is 41.0 Å². The molecule has 0 saturated carbocycles. The molecule has 1 atom stereocenters. The average Bonchev–Trinajstić information content (AvgIpc) is 3.37. The van der Waals surface area contributed by atoms with Gasteiger partial charge in [0, 0.05) is 24.9 Å². The van der Waals surface area contributed by atoms with Crippen molar-refractivity contribution in [1.29, 1.82) is 0 Å². The Bertz CT molecular complexity index is 1480. The lowest BCUT2D eigenvalue weighted by molar-refractivity contribution is -0.141. The number of rotatable bonds is 9. The number of hydrogen-bond acceptors (Lipinski definition) is 7. The lowest BCUT2D eigenvalue weighted by Gasteiger charge is -2.37. The van der Waals surface area contributed by atoms with Crippen molar-refractivity contribution < 1.29 is 19.1 Å². The SMILES string of the molecule is COc1ccccc1[C@H]1C(C(=O)OCc2ccccc2)=C(C)N=C2SC=C(CC(=O)N(C)Cc3ccccc3)N21. The van der Waals surface area contributed by atoms with Crippen LogP contribution < -0.4 is 4.74 Å². The number of carbonyl (C=O) groups is 2. The number of hydrogen-bond donors (Lipinski definition) is 0. The number of benzene rings is 3. The molecule has 1 amide bonds. The maximum atomic E-state index is 13.7. The Morgan fingerprint density at radius 3 is 2.30 bits per heavy atom. The van der Waals surface area contributed by atoms with Crippen LogP contribution >= 0.6 is 11.8 Å². The van der Waals surface area contributed by atoms with Crippen molar-refractivity contribution in [3.63, 3.8) is 0 Å². The molecule has 0 saturated heterocycles. The molecular weight excluding hydrogens is 522 g/mol. The number of allylic oxidation sites excluding steroid dienone is 1. The lowest BCUT2D eigenvalue weighted by Crippen LogP contribution is -2.38. The second-order valence-electron chi connectivity index (χ2n) is 9.61. The minimum Gasteiger partial charge on any atom is -0.496 e. The summed E-state index contributed by atoms with van der Waals surface area (Å²) in [5, 5.41) is 2.66. The van der Waals surface area contributed by atoms with E-state index in [1.807, 2.05) is 102 Å².